The molecule has 1 saturated carbocycles. The van der Waals surface area contributed by atoms with Crippen LogP contribution in [0, 0.1) is 23.7 Å². The molecule has 2 aliphatic carbocycles. The molecule has 2 fully saturated rings. The maximum atomic E-state index is 13.6. The van der Waals surface area contributed by atoms with Gasteiger partial charge in [-0.3, -0.25) is 14.4 Å². The van der Waals surface area contributed by atoms with E-state index in [-0.39, 0.29) is 29.4 Å². The number of ketones is 1. The fraction of sp³-hybridized carbons (Fsp3) is 0.167. The predicted octanol–water partition coefficient (Wildman–Crippen LogP) is 5.31. The van der Waals surface area contributed by atoms with Crippen molar-refractivity contribution in [1.82, 2.24) is 0 Å². The Morgan fingerprint density at radius 2 is 1.12 bits per heavy atom. The van der Waals surface area contributed by atoms with Crippen molar-refractivity contribution in [2.45, 2.75) is 6.92 Å². The number of fused-ring (bicyclic) bond motifs is 5. The molecule has 4 atom stereocenters. The lowest BCUT2D eigenvalue weighted by molar-refractivity contribution is -0.122. The molecular formula is C30H23NO3. The fourth-order valence-electron chi connectivity index (χ4n) is 5.91. The van der Waals surface area contributed by atoms with E-state index in [1.165, 1.54) is 17.4 Å². The predicted molar refractivity (Wildman–Crippen MR) is 131 cm³/mol. The SMILES string of the molecule is CC(=O)c1ccc(N2C(=O)[C@@H]3[C@H](C2=O)[C@H]2C=C[C@H]3C2=C(c2ccccc2)c2ccccc2)cc1. The van der Waals surface area contributed by atoms with Crippen LogP contribution < -0.4 is 4.90 Å². The summed E-state index contributed by atoms with van der Waals surface area (Å²) in [5, 5.41) is 0. The van der Waals surface area contributed by atoms with Crippen LogP contribution in [0.1, 0.15) is 28.4 Å². The average Bonchev–Trinajstić information content (AvgIpc) is 3.50. The zero-order valence-electron chi connectivity index (χ0n) is 18.7. The molecule has 3 aliphatic rings. The molecule has 0 aromatic heterocycles. The Balaban J connectivity index is 1.44. The number of Topliss-reactive ketones (excluding diaryl/α,β-unsaturated/α-hetero) is 1. The summed E-state index contributed by atoms with van der Waals surface area (Å²) in [6.45, 7) is 1.50. The number of carbonyl (C=O) groups excluding carboxylic acids is 3. The third-order valence-electron chi connectivity index (χ3n) is 7.36. The van der Waals surface area contributed by atoms with Crippen LogP contribution >= 0.6 is 0 Å². The van der Waals surface area contributed by atoms with Gasteiger partial charge in [0.15, 0.2) is 5.78 Å². The van der Waals surface area contributed by atoms with Crippen molar-refractivity contribution in [3.8, 4) is 0 Å². The van der Waals surface area contributed by atoms with Crippen molar-refractivity contribution < 1.29 is 14.4 Å². The van der Waals surface area contributed by atoms with Crippen LogP contribution in [0.5, 0.6) is 0 Å². The average molecular weight is 446 g/mol. The molecule has 0 radical (unpaired) electrons. The monoisotopic (exact) mass is 445 g/mol. The van der Waals surface area contributed by atoms with Crippen LogP contribution in [0.15, 0.2) is 103 Å². The highest BCUT2D eigenvalue weighted by atomic mass is 16.2. The number of carbonyl (C=O) groups is 3. The van der Waals surface area contributed by atoms with E-state index in [2.05, 4.69) is 36.4 Å². The van der Waals surface area contributed by atoms with Gasteiger partial charge in [0.1, 0.15) is 0 Å². The summed E-state index contributed by atoms with van der Waals surface area (Å²) in [6, 6.07) is 27.2. The molecule has 166 valence electrons. The number of hydrogen-bond donors (Lipinski definition) is 0. The van der Waals surface area contributed by atoms with E-state index in [0.29, 0.717) is 11.3 Å². The first-order valence-electron chi connectivity index (χ1n) is 11.6. The van der Waals surface area contributed by atoms with Crippen LogP contribution in [-0.4, -0.2) is 17.6 Å². The molecule has 3 aromatic rings. The first kappa shape index (κ1) is 20.5. The molecule has 4 nitrogen and oxygen atoms in total. The van der Waals surface area contributed by atoms with Crippen molar-refractivity contribution in [3.63, 3.8) is 0 Å². The maximum Gasteiger partial charge on any atom is 0.238 e. The summed E-state index contributed by atoms with van der Waals surface area (Å²) in [6.07, 6.45) is 4.22. The number of rotatable bonds is 4. The van der Waals surface area contributed by atoms with E-state index < -0.39 is 11.8 Å². The second-order valence-corrected chi connectivity index (χ2v) is 9.17. The Bertz CT molecular complexity index is 1290. The molecule has 6 rings (SSSR count). The Morgan fingerprint density at radius 3 is 1.56 bits per heavy atom. The smallest absolute Gasteiger partial charge is 0.238 e. The lowest BCUT2D eigenvalue weighted by Crippen LogP contribution is -2.33. The van der Waals surface area contributed by atoms with Gasteiger partial charge in [-0.15, -0.1) is 0 Å². The van der Waals surface area contributed by atoms with Crippen LogP contribution in [0.4, 0.5) is 5.69 Å². The Labute approximate surface area is 198 Å². The first-order valence-corrected chi connectivity index (χ1v) is 11.6. The molecule has 2 amide bonds. The zero-order chi connectivity index (χ0) is 23.4. The van der Waals surface area contributed by atoms with E-state index in [0.717, 1.165) is 16.7 Å². The summed E-state index contributed by atoms with van der Waals surface area (Å²) in [5.74, 6) is -1.36. The fourth-order valence-corrected chi connectivity index (χ4v) is 5.91. The number of nitrogens with zero attached hydrogens (tertiary/aromatic N) is 1. The van der Waals surface area contributed by atoms with Gasteiger partial charge in [0.2, 0.25) is 11.8 Å². The number of benzene rings is 3. The molecule has 0 unspecified atom stereocenters. The molecule has 0 N–H and O–H groups in total. The van der Waals surface area contributed by atoms with Gasteiger partial charge in [0.05, 0.1) is 17.5 Å². The molecular weight excluding hydrogens is 422 g/mol. The third-order valence-corrected chi connectivity index (χ3v) is 7.36. The minimum absolute atomic E-state index is 0.0473. The second kappa shape index (κ2) is 7.77. The molecule has 0 spiro atoms. The number of allylic oxidation sites excluding steroid dienone is 3. The molecule has 1 aliphatic heterocycles. The molecule has 34 heavy (non-hydrogen) atoms. The highest BCUT2D eigenvalue weighted by Crippen LogP contribution is 2.58. The van der Waals surface area contributed by atoms with Crippen molar-refractivity contribution in [3.05, 3.63) is 119 Å². The number of imide groups is 1. The highest BCUT2D eigenvalue weighted by Gasteiger charge is 2.62. The van der Waals surface area contributed by atoms with E-state index >= 15 is 0 Å². The zero-order valence-corrected chi connectivity index (χ0v) is 18.7. The van der Waals surface area contributed by atoms with Crippen molar-refractivity contribution in [1.29, 1.82) is 0 Å². The maximum absolute atomic E-state index is 13.6. The van der Waals surface area contributed by atoms with Gasteiger partial charge in [-0.25, -0.2) is 4.90 Å². The quantitative estimate of drug-likeness (QED) is 0.311. The van der Waals surface area contributed by atoms with Gasteiger partial charge in [-0.1, -0.05) is 72.8 Å². The molecule has 3 aromatic carbocycles. The minimum Gasteiger partial charge on any atom is -0.295 e. The van der Waals surface area contributed by atoms with Gasteiger partial charge >= 0.3 is 0 Å². The van der Waals surface area contributed by atoms with E-state index in [9.17, 15) is 14.4 Å². The van der Waals surface area contributed by atoms with E-state index in [4.69, 9.17) is 0 Å². The number of amides is 2. The molecule has 1 heterocycles. The summed E-state index contributed by atoms with van der Waals surface area (Å²) in [5.41, 5.74) is 5.57. The van der Waals surface area contributed by atoms with Crippen molar-refractivity contribution in [2.75, 3.05) is 4.90 Å². The third kappa shape index (κ3) is 2.95. The molecule has 2 bridgehead atoms. The van der Waals surface area contributed by atoms with Crippen LogP contribution in [0.25, 0.3) is 5.57 Å². The van der Waals surface area contributed by atoms with Crippen molar-refractivity contribution >= 4 is 28.9 Å². The lowest BCUT2D eigenvalue weighted by Gasteiger charge is -2.21. The van der Waals surface area contributed by atoms with Gasteiger partial charge in [-0.05, 0) is 53.5 Å². The van der Waals surface area contributed by atoms with Crippen molar-refractivity contribution in [2.24, 2.45) is 23.7 Å². The van der Waals surface area contributed by atoms with Gasteiger partial charge in [0.25, 0.3) is 0 Å². The second-order valence-electron chi connectivity index (χ2n) is 9.17. The molecule has 4 heteroatoms. The van der Waals surface area contributed by atoms with E-state index in [1.807, 2.05) is 36.4 Å². The Hall–Kier alpha value is -4.05. The van der Waals surface area contributed by atoms with Gasteiger partial charge in [0, 0.05) is 17.4 Å². The van der Waals surface area contributed by atoms with Crippen LogP contribution in [-0.2, 0) is 9.59 Å². The topological polar surface area (TPSA) is 54.5 Å². The van der Waals surface area contributed by atoms with Crippen LogP contribution in [0.3, 0.4) is 0 Å². The summed E-state index contributed by atoms with van der Waals surface area (Å²) >= 11 is 0. The molecule has 1 saturated heterocycles. The largest absolute Gasteiger partial charge is 0.295 e. The number of hydrogen-bond acceptors (Lipinski definition) is 3. The van der Waals surface area contributed by atoms with Gasteiger partial charge in [-0.2, -0.15) is 0 Å². The summed E-state index contributed by atoms with van der Waals surface area (Å²) in [4.78, 5) is 40.2. The van der Waals surface area contributed by atoms with Gasteiger partial charge < -0.3 is 0 Å². The minimum atomic E-state index is -0.396. The Kier molecular flexibility index (Phi) is 4.70. The Morgan fingerprint density at radius 1 is 0.647 bits per heavy atom. The summed E-state index contributed by atoms with van der Waals surface area (Å²) < 4.78 is 0. The highest BCUT2D eigenvalue weighted by molar-refractivity contribution is 6.23. The lowest BCUT2D eigenvalue weighted by atomic mass is 9.85. The standard InChI is InChI=1S/C30H23NO3/c1-18(32)19-12-14-22(15-13-19)31-29(33)27-23-16-17-24(28(27)30(31)34)26(23)25(20-8-4-2-5-9-20)21-10-6-3-7-11-21/h2-17,23-24,27-28H,1H3/t23-,24-,27-,28+/m0/s1. The summed E-state index contributed by atoms with van der Waals surface area (Å²) in [7, 11) is 0. The number of anilines is 1. The van der Waals surface area contributed by atoms with E-state index in [1.54, 1.807) is 24.3 Å². The normalized spacial score (nSPS) is 24.6. The van der Waals surface area contributed by atoms with Crippen LogP contribution in [0.2, 0.25) is 0 Å². The first-order chi connectivity index (χ1) is 16.6.